The van der Waals surface area contributed by atoms with Crippen molar-refractivity contribution >= 4 is 23.0 Å². The summed E-state index contributed by atoms with van der Waals surface area (Å²) in [5.41, 5.74) is 8.56. The number of nitrogens with zero attached hydrogens (tertiary/aromatic N) is 2. The molecule has 0 aromatic carbocycles. The molecule has 2 aromatic rings. The fourth-order valence-corrected chi connectivity index (χ4v) is 16.8. The average molecular weight is 829 g/mol. The molecule has 2 amide bonds. The van der Waals surface area contributed by atoms with E-state index in [-0.39, 0.29) is 17.2 Å². The first-order chi connectivity index (χ1) is 29.2. The Kier molecular flexibility index (Phi) is 11.4. The molecule has 0 aliphatic heterocycles. The maximum Gasteiger partial charge on any atom is 0.217 e. The molecule has 61 heavy (non-hydrogen) atoms. The van der Waals surface area contributed by atoms with Crippen LogP contribution in [-0.2, 0) is 9.59 Å². The number of amides is 2. The molecule has 0 saturated heterocycles. The molecule has 2 unspecified atom stereocenters. The van der Waals surface area contributed by atoms with Gasteiger partial charge in [-0.1, -0.05) is 39.8 Å². The minimum Gasteiger partial charge on any atom is -0.495 e. The summed E-state index contributed by atoms with van der Waals surface area (Å²) < 4.78 is 5.46. The van der Waals surface area contributed by atoms with Gasteiger partial charge in [-0.05, 0) is 219 Å². The normalized spacial score (nSPS) is 42.0. The van der Waals surface area contributed by atoms with Crippen LogP contribution in [0.3, 0.4) is 0 Å². The highest BCUT2D eigenvalue weighted by Gasteiger charge is 2.60. The van der Waals surface area contributed by atoms with E-state index >= 15 is 0 Å². The van der Waals surface area contributed by atoms with E-state index in [0.717, 1.165) is 65.9 Å². The highest BCUT2D eigenvalue weighted by molar-refractivity contribution is 5.75. The van der Waals surface area contributed by atoms with Gasteiger partial charge in [-0.25, -0.2) is 0 Å². The van der Waals surface area contributed by atoms with Crippen LogP contribution in [0.4, 0.5) is 0 Å². The number of aromatic nitrogens is 2. The van der Waals surface area contributed by atoms with Gasteiger partial charge >= 0.3 is 0 Å². The van der Waals surface area contributed by atoms with Gasteiger partial charge in [-0.15, -0.1) is 0 Å². The molecule has 0 radical (unpaired) electrons. The van der Waals surface area contributed by atoms with Crippen molar-refractivity contribution in [2.75, 3.05) is 7.11 Å². The molecular formula is C54H76N4O3. The molecule has 0 spiro atoms. The van der Waals surface area contributed by atoms with Crippen molar-refractivity contribution in [3.05, 3.63) is 65.8 Å². The molecule has 10 rings (SSSR count). The number of carbonyl (C=O) groups excluding carboxylic acids is 2. The summed E-state index contributed by atoms with van der Waals surface area (Å²) in [5.74, 6) is 7.57. The van der Waals surface area contributed by atoms with E-state index in [4.69, 9.17) is 4.74 Å². The van der Waals surface area contributed by atoms with E-state index in [2.05, 4.69) is 85.7 Å². The SMILES string of the molecule is CC(=O)N[C@@H]1CC[C@@]2(C)C(CC[C@@H]3[C@@H]2CC[C@]2(C)C(c4cnccc4C)=CC[C@@H]32)C1.COc1cncc(C2=CC[C@H]3[C@@H]4CCC5C[C@H](NC(C)=O)CC[C@]5(C)[C@H]4CC[C@]23C)c1. The zero-order valence-electron chi connectivity index (χ0n) is 38.8. The maximum atomic E-state index is 11.6. The maximum absolute atomic E-state index is 11.6. The second-order valence-electron chi connectivity index (χ2n) is 22.6. The van der Waals surface area contributed by atoms with Crippen LogP contribution in [0.5, 0.6) is 5.75 Å². The van der Waals surface area contributed by atoms with E-state index in [9.17, 15) is 9.59 Å². The largest absolute Gasteiger partial charge is 0.495 e. The van der Waals surface area contributed by atoms with Crippen LogP contribution in [0.1, 0.15) is 161 Å². The third kappa shape index (κ3) is 7.32. The number of carbonyl (C=O) groups is 2. The number of ether oxygens (including phenoxy) is 1. The van der Waals surface area contributed by atoms with Gasteiger partial charge in [0.2, 0.25) is 11.8 Å². The van der Waals surface area contributed by atoms with Gasteiger partial charge in [0, 0.05) is 44.5 Å². The molecule has 6 saturated carbocycles. The van der Waals surface area contributed by atoms with Crippen molar-refractivity contribution in [2.45, 2.75) is 163 Å². The van der Waals surface area contributed by atoms with Gasteiger partial charge < -0.3 is 15.4 Å². The van der Waals surface area contributed by atoms with E-state index in [1.165, 1.54) is 112 Å². The Morgan fingerprint density at radius 1 is 0.656 bits per heavy atom. The number of rotatable bonds is 5. The standard InChI is InChI=1S/C27H38N2O2.C27H38N2O/c1-17(30)29-20-9-11-26(2)19(14-20)5-6-22-24-8-7-23(27(24,3)12-10-25(22)26)18-13-21(31-4)16-28-15-18;1-17-11-14-28-16-22(17)24-8-7-23-21-6-5-19-15-20(29-18(2)30)9-12-26(19,3)25(21)10-13-27(23,24)4/h7,13,15-16,19-20,22,24-25H,5-6,8-12,14H2,1-4H3,(H,29,30);8,11,14,16,19-21,23,25H,5-7,9-10,12-13,15H2,1-4H3,(H,29,30)/t19?,20-,22+,24+,25+,26+,27-;19?,20-,21+,23+,25+,26+,27+/m11/s1. The van der Waals surface area contributed by atoms with Gasteiger partial charge in [-0.3, -0.25) is 19.6 Å². The average Bonchev–Trinajstić information content (AvgIpc) is 3.78. The first kappa shape index (κ1) is 42.8. The topological polar surface area (TPSA) is 93.2 Å². The Labute approximate surface area is 367 Å². The molecule has 6 fully saturated rings. The predicted molar refractivity (Wildman–Crippen MR) is 245 cm³/mol. The molecule has 330 valence electrons. The van der Waals surface area contributed by atoms with Crippen molar-refractivity contribution in [1.82, 2.24) is 20.6 Å². The Hall–Kier alpha value is -3.48. The number of nitrogens with one attached hydrogen (secondary N) is 2. The molecule has 0 bridgehead atoms. The van der Waals surface area contributed by atoms with E-state index in [0.29, 0.717) is 28.3 Å². The monoisotopic (exact) mass is 829 g/mol. The second kappa shape index (κ2) is 16.3. The fourth-order valence-electron chi connectivity index (χ4n) is 16.8. The molecule has 2 heterocycles. The van der Waals surface area contributed by atoms with Crippen molar-refractivity contribution in [3.8, 4) is 5.75 Å². The van der Waals surface area contributed by atoms with Gasteiger partial charge in [0.05, 0.1) is 13.3 Å². The smallest absolute Gasteiger partial charge is 0.217 e. The lowest BCUT2D eigenvalue weighted by molar-refractivity contribution is -0.123. The first-order valence-electron chi connectivity index (χ1n) is 24.5. The van der Waals surface area contributed by atoms with Crippen molar-refractivity contribution < 1.29 is 14.3 Å². The van der Waals surface area contributed by atoms with Gasteiger partial charge in [0.15, 0.2) is 0 Å². The van der Waals surface area contributed by atoms with Crippen LogP contribution in [0.15, 0.2) is 49.1 Å². The number of pyridine rings is 2. The van der Waals surface area contributed by atoms with Crippen LogP contribution >= 0.6 is 0 Å². The third-order valence-corrected chi connectivity index (χ3v) is 19.9. The van der Waals surface area contributed by atoms with Crippen molar-refractivity contribution in [1.29, 1.82) is 0 Å². The summed E-state index contributed by atoms with van der Waals surface area (Å²) in [6, 6.07) is 5.12. The van der Waals surface area contributed by atoms with Gasteiger partial charge in [-0.2, -0.15) is 0 Å². The molecular weight excluding hydrogens is 753 g/mol. The second-order valence-corrected chi connectivity index (χ2v) is 22.6. The number of hydrogen-bond acceptors (Lipinski definition) is 5. The quantitative estimate of drug-likeness (QED) is 0.313. The van der Waals surface area contributed by atoms with Crippen LogP contribution in [0.25, 0.3) is 11.1 Å². The fraction of sp³-hybridized carbons (Fsp3) is 0.704. The van der Waals surface area contributed by atoms with E-state index in [1.54, 1.807) is 32.7 Å². The Bertz CT molecular complexity index is 2060. The highest BCUT2D eigenvalue weighted by Crippen LogP contribution is 2.69. The summed E-state index contributed by atoms with van der Waals surface area (Å²) in [6.45, 7) is 15.8. The number of aryl methyl sites for hydroxylation is 1. The Balaban J connectivity index is 0.000000156. The van der Waals surface area contributed by atoms with E-state index in [1.807, 2.05) is 12.4 Å². The Morgan fingerprint density at radius 2 is 1.20 bits per heavy atom. The molecule has 8 aliphatic rings. The molecule has 2 aromatic heterocycles. The molecule has 7 heteroatoms. The number of fused-ring (bicyclic) bond motifs is 10. The lowest BCUT2D eigenvalue weighted by Gasteiger charge is -2.61. The summed E-state index contributed by atoms with van der Waals surface area (Å²) in [5, 5.41) is 6.44. The van der Waals surface area contributed by atoms with Crippen LogP contribution < -0.4 is 15.4 Å². The summed E-state index contributed by atoms with van der Waals surface area (Å²) in [6.07, 6.45) is 33.3. The van der Waals surface area contributed by atoms with Crippen LogP contribution in [0, 0.1) is 75.9 Å². The van der Waals surface area contributed by atoms with Crippen molar-refractivity contribution in [3.63, 3.8) is 0 Å². The predicted octanol–water partition coefficient (Wildman–Crippen LogP) is 11.6. The molecule has 7 nitrogen and oxygen atoms in total. The molecule has 8 aliphatic carbocycles. The molecule has 14 atom stereocenters. The Morgan fingerprint density at radius 3 is 1.72 bits per heavy atom. The van der Waals surface area contributed by atoms with E-state index < -0.39 is 0 Å². The minimum absolute atomic E-state index is 0.132. The summed E-state index contributed by atoms with van der Waals surface area (Å²) in [7, 11) is 1.72. The van der Waals surface area contributed by atoms with Crippen LogP contribution in [-0.4, -0.2) is 41.0 Å². The lowest BCUT2D eigenvalue weighted by atomic mass is 9.44. The van der Waals surface area contributed by atoms with Crippen LogP contribution in [0.2, 0.25) is 0 Å². The number of methoxy groups -OCH3 is 1. The third-order valence-electron chi connectivity index (χ3n) is 19.9. The highest BCUT2D eigenvalue weighted by atomic mass is 16.5. The zero-order valence-corrected chi connectivity index (χ0v) is 38.8. The number of allylic oxidation sites excluding steroid dienone is 4. The summed E-state index contributed by atoms with van der Waals surface area (Å²) in [4.78, 5) is 32.1. The zero-order chi connectivity index (χ0) is 42.9. The molecule has 2 N–H and O–H groups in total. The number of hydrogen-bond donors (Lipinski definition) is 2. The van der Waals surface area contributed by atoms with Gasteiger partial charge in [0.1, 0.15) is 5.75 Å². The van der Waals surface area contributed by atoms with Gasteiger partial charge in [0.25, 0.3) is 0 Å². The first-order valence-corrected chi connectivity index (χ1v) is 24.5. The van der Waals surface area contributed by atoms with Crippen molar-refractivity contribution in [2.24, 2.45) is 69.0 Å². The lowest BCUT2D eigenvalue weighted by Crippen LogP contribution is -2.55. The minimum atomic E-state index is 0.132. The summed E-state index contributed by atoms with van der Waals surface area (Å²) >= 11 is 0.